The van der Waals surface area contributed by atoms with E-state index in [0.717, 1.165) is 30.5 Å². The summed E-state index contributed by atoms with van der Waals surface area (Å²) < 4.78 is 0. The smallest absolute Gasteiger partial charge is 0.147 e. The van der Waals surface area contributed by atoms with Crippen molar-refractivity contribution < 1.29 is 0 Å². The third-order valence-electron chi connectivity index (χ3n) is 2.98. The molecule has 0 N–H and O–H groups in total. The van der Waals surface area contributed by atoms with Gasteiger partial charge in [0.2, 0.25) is 0 Å². The van der Waals surface area contributed by atoms with Crippen LogP contribution in [0.1, 0.15) is 38.8 Å². The lowest BCUT2D eigenvalue weighted by Crippen LogP contribution is -2.21. The first-order valence-electron chi connectivity index (χ1n) is 5.73. The topological polar surface area (TPSA) is 29.0 Å². The van der Waals surface area contributed by atoms with Crippen molar-refractivity contribution in [1.29, 1.82) is 0 Å². The van der Waals surface area contributed by atoms with E-state index in [0.29, 0.717) is 5.92 Å². The van der Waals surface area contributed by atoms with Crippen LogP contribution in [0.4, 0.5) is 5.82 Å². The molecule has 15 heavy (non-hydrogen) atoms. The van der Waals surface area contributed by atoms with Crippen LogP contribution in [0.5, 0.6) is 0 Å². The minimum absolute atomic E-state index is 0.456. The van der Waals surface area contributed by atoms with Crippen molar-refractivity contribution >= 4 is 5.82 Å². The summed E-state index contributed by atoms with van der Waals surface area (Å²) in [6.45, 7) is 8.84. The van der Waals surface area contributed by atoms with Crippen LogP contribution in [0.15, 0.2) is 12.4 Å². The van der Waals surface area contributed by atoms with E-state index < -0.39 is 0 Å². The molecule has 1 saturated heterocycles. The zero-order chi connectivity index (χ0) is 10.8. The molecule has 0 unspecified atom stereocenters. The first-order chi connectivity index (χ1) is 7.16. The van der Waals surface area contributed by atoms with Crippen LogP contribution in [0.25, 0.3) is 0 Å². The predicted octanol–water partition coefficient (Wildman–Crippen LogP) is 2.45. The average molecular weight is 205 g/mol. The summed E-state index contributed by atoms with van der Waals surface area (Å²) in [7, 11) is 0. The Labute approximate surface area is 91.5 Å². The van der Waals surface area contributed by atoms with E-state index in [1.807, 2.05) is 12.4 Å². The maximum atomic E-state index is 4.65. The molecule has 0 amide bonds. The second-order valence-corrected chi connectivity index (χ2v) is 4.80. The molecule has 2 heterocycles. The number of rotatable bonds is 2. The van der Waals surface area contributed by atoms with Crippen molar-refractivity contribution in [2.45, 2.75) is 33.1 Å². The molecule has 1 atom stereocenters. The van der Waals surface area contributed by atoms with Gasteiger partial charge in [0.05, 0.1) is 11.9 Å². The van der Waals surface area contributed by atoms with Crippen molar-refractivity contribution in [1.82, 2.24) is 9.97 Å². The Kier molecular flexibility index (Phi) is 2.89. The second kappa shape index (κ2) is 4.17. The molecule has 3 heteroatoms. The maximum absolute atomic E-state index is 4.65. The molecule has 0 aromatic carbocycles. The van der Waals surface area contributed by atoms with Gasteiger partial charge < -0.3 is 4.90 Å². The van der Waals surface area contributed by atoms with Gasteiger partial charge in [0.1, 0.15) is 5.82 Å². The van der Waals surface area contributed by atoms with Gasteiger partial charge in [0.25, 0.3) is 0 Å². The second-order valence-electron chi connectivity index (χ2n) is 4.80. The number of hydrogen-bond donors (Lipinski definition) is 0. The van der Waals surface area contributed by atoms with Crippen molar-refractivity contribution in [2.75, 3.05) is 18.0 Å². The summed E-state index contributed by atoms with van der Waals surface area (Å²) in [6, 6.07) is 0. The van der Waals surface area contributed by atoms with Gasteiger partial charge in [-0.3, -0.25) is 4.98 Å². The van der Waals surface area contributed by atoms with E-state index in [1.165, 1.54) is 6.42 Å². The number of hydrogen-bond acceptors (Lipinski definition) is 3. The molecule has 3 nitrogen and oxygen atoms in total. The van der Waals surface area contributed by atoms with Gasteiger partial charge in [-0.15, -0.1) is 0 Å². The van der Waals surface area contributed by atoms with Gasteiger partial charge in [0, 0.05) is 19.3 Å². The third-order valence-corrected chi connectivity index (χ3v) is 2.98. The molecule has 1 fully saturated rings. The van der Waals surface area contributed by atoms with Crippen LogP contribution >= 0.6 is 0 Å². The summed E-state index contributed by atoms with van der Waals surface area (Å²) >= 11 is 0. The van der Waals surface area contributed by atoms with Crippen molar-refractivity contribution in [3.63, 3.8) is 0 Å². The van der Waals surface area contributed by atoms with Crippen molar-refractivity contribution in [3.05, 3.63) is 18.1 Å². The Morgan fingerprint density at radius 1 is 1.40 bits per heavy atom. The molecule has 1 aromatic rings. The number of anilines is 1. The van der Waals surface area contributed by atoms with Gasteiger partial charge in [-0.25, -0.2) is 4.98 Å². The highest BCUT2D eigenvalue weighted by Crippen LogP contribution is 2.22. The standard InChI is InChI=1S/C12H19N3/c1-9(2)11-6-13-7-12(14-11)15-5-4-10(3)8-15/h6-7,9-10H,4-5,8H2,1-3H3/t10-/m1/s1. The molecule has 1 aromatic heterocycles. The minimum Gasteiger partial charge on any atom is -0.355 e. The van der Waals surface area contributed by atoms with Gasteiger partial charge in [-0.2, -0.15) is 0 Å². The van der Waals surface area contributed by atoms with Crippen molar-refractivity contribution in [2.24, 2.45) is 5.92 Å². The summed E-state index contributed by atoms with van der Waals surface area (Å²) in [5, 5.41) is 0. The molecule has 0 saturated carbocycles. The Balaban J connectivity index is 2.18. The number of nitrogens with zero attached hydrogens (tertiary/aromatic N) is 3. The van der Waals surface area contributed by atoms with Crippen LogP contribution in [-0.2, 0) is 0 Å². The van der Waals surface area contributed by atoms with Crippen LogP contribution in [0, 0.1) is 5.92 Å². The third kappa shape index (κ3) is 2.28. The lowest BCUT2D eigenvalue weighted by Gasteiger charge is -2.17. The molecular weight excluding hydrogens is 186 g/mol. The molecule has 0 bridgehead atoms. The van der Waals surface area contributed by atoms with E-state index in [1.54, 1.807) is 0 Å². The molecule has 0 spiro atoms. The van der Waals surface area contributed by atoms with Crippen molar-refractivity contribution in [3.8, 4) is 0 Å². The molecule has 0 aliphatic carbocycles. The Morgan fingerprint density at radius 3 is 2.80 bits per heavy atom. The van der Waals surface area contributed by atoms with Gasteiger partial charge in [0.15, 0.2) is 0 Å². The van der Waals surface area contributed by atoms with Crippen LogP contribution in [0.2, 0.25) is 0 Å². The molecular formula is C12H19N3. The normalized spacial score (nSPS) is 21.3. The number of aromatic nitrogens is 2. The molecule has 0 radical (unpaired) electrons. The van der Waals surface area contributed by atoms with E-state index in [4.69, 9.17) is 0 Å². The van der Waals surface area contributed by atoms with E-state index in [9.17, 15) is 0 Å². The van der Waals surface area contributed by atoms with Crippen LogP contribution in [0.3, 0.4) is 0 Å². The van der Waals surface area contributed by atoms with Crippen LogP contribution in [-0.4, -0.2) is 23.1 Å². The van der Waals surface area contributed by atoms with E-state index >= 15 is 0 Å². The lowest BCUT2D eigenvalue weighted by molar-refractivity contribution is 0.658. The first kappa shape index (κ1) is 10.4. The molecule has 1 aliphatic rings. The van der Waals surface area contributed by atoms with Gasteiger partial charge >= 0.3 is 0 Å². The first-order valence-corrected chi connectivity index (χ1v) is 5.73. The maximum Gasteiger partial charge on any atom is 0.147 e. The highest BCUT2D eigenvalue weighted by Gasteiger charge is 2.20. The lowest BCUT2D eigenvalue weighted by atomic mass is 10.1. The quantitative estimate of drug-likeness (QED) is 0.742. The highest BCUT2D eigenvalue weighted by molar-refractivity contribution is 5.38. The summed E-state index contributed by atoms with van der Waals surface area (Å²) in [4.78, 5) is 11.3. The fourth-order valence-corrected chi connectivity index (χ4v) is 1.94. The predicted molar refractivity (Wildman–Crippen MR) is 62.1 cm³/mol. The fraction of sp³-hybridized carbons (Fsp3) is 0.667. The van der Waals surface area contributed by atoms with Gasteiger partial charge in [-0.1, -0.05) is 20.8 Å². The monoisotopic (exact) mass is 205 g/mol. The fourth-order valence-electron chi connectivity index (χ4n) is 1.94. The average Bonchev–Trinajstić information content (AvgIpc) is 2.65. The molecule has 2 rings (SSSR count). The Bertz CT molecular complexity index is 335. The largest absolute Gasteiger partial charge is 0.355 e. The Hall–Kier alpha value is -1.12. The summed E-state index contributed by atoms with van der Waals surface area (Å²) in [5.41, 5.74) is 1.09. The zero-order valence-corrected chi connectivity index (χ0v) is 9.77. The SMILES string of the molecule is CC(C)c1cncc(N2CC[C@@H](C)C2)n1. The zero-order valence-electron chi connectivity index (χ0n) is 9.77. The van der Waals surface area contributed by atoms with Crippen LogP contribution < -0.4 is 4.90 Å². The minimum atomic E-state index is 0.456. The Morgan fingerprint density at radius 2 is 2.20 bits per heavy atom. The summed E-state index contributed by atoms with van der Waals surface area (Å²) in [5.74, 6) is 2.29. The molecule has 82 valence electrons. The molecule has 1 aliphatic heterocycles. The highest BCUT2D eigenvalue weighted by atomic mass is 15.2. The van der Waals surface area contributed by atoms with E-state index in [-0.39, 0.29) is 0 Å². The summed E-state index contributed by atoms with van der Waals surface area (Å²) in [6.07, 6.45) is 5.02. The van der Waals surface area contributed by atoms with Gasteiger partial charge in [-0.05, 0) is 18.3 Å². The van der Waals surface area contributed by atoms with E-state index in [2.05, 4.69) is 35.6 Å².